The average Bonchev–Trinajstić information content (AvgIpc) is 3.01. The van der Waals surface area contributed by atoms with Crippen molar-refractivity contribution in [3.63, 3.8) is 0 Å². The molecule has 0 amide bonds. The molecule has 1 heterocycles. The largest absolute Gasteiger partial charge is 0.329 e. The van der Waals surface area contributed by atoms with Crippen LogP contribution in [0.3, 0.4) is 0 Å². The van der Waals surface area contributed by atoms with Gasteiger partial charge in [0.25, 0.3) is 0 Å². The Hall–Kier alpha value is -0.0900. The highest BCUT2D eigenvalue weighted by atomic mass is 35.5. The fourth-order valence-corrected chi connectivity index (χ4v) is 3.34. The van der Waals surface area contributed by atoms with Crippen molar-refractivity contribution in [3.8, 4) is 0 Å². The molecular weight excluding hydrogens is 252 g/mol. The first-order valence-electron chi connectivity index (χ1n) is 6.19. The lowest BCUT2D eigenvalue weighted by molar-refractivity contribution is 0.121. The zero-order valence-corrected chi connectivity index (χ0v) is 12.2. The van der Waals surface area contributed by atoms with Gasteiger partial charge in [-0.3, -0.25) is 4.90 Å². The third kappa shape index (κ3) is 3.44. The molecule has 2 rings (SSSR count). The normalized spacial score (nSPS) is 19.6. The maximum absolute atomic E-state index is 5.98. The van der Waals surface area contributed by atoms with E-state index < -0.39 is 0 Å². The van der Waals surface area contributed by atoms with Gasteiger partial charge in [-0.25, -0.2) is 0 Å². The van der Waals surface area contributed by atoms with Crippen molar-refractivity contribution in [3.05, 3.63) is 21.3 Å². The van der Waals surface area contributed by atoms with Crippen molar-refractivity contribution in [1.82, 2.24) is 4.90 Å². The second-order valence-electron chi connectivity index (χ2n) is 5.41. The van der Waals surface area contributed by atoms with Crippen molar-refractivity contribution in [2.75, 3.05) is 13.6 Å². The summed E-state index contributed by atoms with van der Waals surface area (Å²) in [6, 6.07) is 4.08. The molecule has 0 spiro atoms. The number of thiophene rings is 1. The number of nitrogens with zero attached hydrogens (tertiary/aromatic N) is 1. The maximum atomic E-state index is 5.98. The highest BCUT2D eigenvalue weighted by Gasteiger charge is 2.35. The van der Waals surface area contributed by atoms with Gasteiger partial charge in [0.15, 0.2) is 0 Å². The van der Waals surface area contributed by atoms with Gasteiger partial charge in [-0.15, -0.1) is 11.3 Å². The third-order valence-corrected chi connectivity index (χ3v) is 5.02. The van der Waals surface area contributed by atoms with E-state index in [4.69, 9.17) is 17.3 Å². The van der Waals surface area contributed by atoms with E-state index in [1.807, 2.05) is 6.07 Å². The Morgan fingerprint density at radius 2 is 2.24 bits per heavy atom. The molecule has 1 aliphatic rings. The molecule has 1 unspecified atom stereocenters. The topological polar surface area (TPSA) is 29.3 Å². The average molecular weight is 273 g/mol. The summed E-state index contributed by atoms with van der Waals surface area (Å²) in [5.41, 5.74) is 6.10. The van der Waals surface area contributed by atoms with Crippen LogP contribution in [0.25, 0.3) is 0 Å². The van der Waals surface area contributed by atoms with E-state index in [0.717, 1.165) is 23.3 Å². The van der Waals surface area contributed by atoms with E-state index in [1.54, 1.807) is 11.3 Å². The van der Waals surface area contributed by atoms with Crippen LogP contribution in [0, 0.1) is 5.92 Å². The summed E-state index contributed by atoms with van der Waals surface area (Å²) in [5, 5.41) is 0. The van der Waals surface area contributed by atoms with Gasteiger partial charge in [-0.1, -0.05) is 24.4 Å². The third-order valence-electron chi connectivity index (χ3n) is 3.81. The number of halogens is 1. The SMILES string of the molecule is CN(Cc1ccc(Cl)s1)C(C)(CN)CC1CC1. The second-order valence-corrected chi connectivity index (χ2v) is 7.21. The van der Waals surface area contributed by atoms with Crippen LogP contribution in [0.2, 0.25) is 4.34 Å². The minimum absolute atomic E-state index is 0.123. The summed E-state index contributed by atoms with van der Waals surface area (Å²) in [6.07, 6.45) is 3.99. The number of rotatable bonds is 6. The van der Waals surface area contributed by atoms with E-state index in [2.05, 4.69) is 24.9 Å². The Morgan fingerprint density at radius 1 is 1.53 bits per heavy atom. The van der Waals surface area contributed by atoms with Gasteiger partial charge < -0.3 is 5.73 Å². The van der Waals surface area contributed by atoms with Crippen LogP contribution >= 0.6 is 22.9 Å². The molecule has 2 nitrogen and oxygen atoms in total. The molecular formula is C13H21ClN2S. The summed E-state index contributed by atoms with van der Waals surface area (Å²) < 4.78 is 0.866. The Labute approximate surface area is 113 Å². The molecule has 2 N–H and O–H groups in total. The molecule has 0 bridgehead atoms. The molecule has 0 aromatic carbocycles. The van der Waals surface area contributed by atoms with Crippen LogP contribution in [-0.4, -0.2) is 24.0 Å². The first-order valence-corrected chi connectivity index (χ1v) is 7.38. The number of nitrogens with two attached hydrogens (primary N) is 1. The molecule has 1 aromatic heterocycles. The lowest BCUT2D eigenvalue weighted by Gasteiger charge is -2.38. The first kappa shape index (κ1) is 13.3. The highest BCUT2D eigenvalue weighted by Crippen LogP contribution is 2.38. The van der Waals surface area contributed by atoms with E-state index in [-0.39, 0.29) is 5.54 Å². The Bertz CT molecular complexity index is 375. The maximum Gasteiger partial charge on any atom is 0.0931 e. The molecule has 1 aliphatic carbocycles. The van der Waals surface area contributed by atoms with Crippen LogP contribution in [0.1, 0.15) is 31.1 Å². The molecule has 1 atom stereocenters. The molecule has 1 saturated carbocycles. The number of likely N-dealkylation sites (N-methyl/N-ethyl adjacent to an activating group) is 1. The van der Waals surface area contributed by atoms with Crippen LogP contribution < -0.4 is 5.73 Å². The smallest absolute Gasteiger partial charge is 0.0931 e. The fourth-order valence-electron chi connectivity index (χ4n) is 2.20. The predicted molar refractivity (Wildman–Crippen MR) is 75.6 cm³/mol. The van der Waals surface area contributed by atoms with E-state index in [9.17, 15) is 0 Å². The van der Waals surface area contributed by atoms with Crippen molar-refractivity contribution in [2.24, 2.45) is 11.7 Å². The molecule has 1 fully saturated rings. The molecule has 4 heteroatoms. The molecule has 0 saturated heterocycles. The van der Waals surface area contributed by atoms with Crippen LogP contribution in [0.4, 0.5) is 0 Å². The minimum atomic E-state index is 0.123. The Morgan fingerprint density at radius 3 is 2.71 bits per heavy atom. The highest BCUT2D eigenvalue weighted by molar-refractivity contribution is 7.16. The summed E-state index contributed by atoms with van der Waals surface area (Å²) in [7, 11) is 2.17. The van der Waals surface area contributed by atoms with Gasteiger partial charge in [0.05, 0.1) is 4.34 Å². The van der Waals surface area contributed by atoms with Gasteiger partial charge in [0.2, 0.25) is 0 Å². The lowest BCUT2D eigenvalue weighted by atomic mass is 9.93. The lowest BCUT2D eigenvalue weighted by Crippen LogP contribution is -2.49. The predicted octanol–water partition coefficient (Wildman–Crippen LogP) is 3.35. The molecule has 1 aromatic rings. The van der Waals surface area contributed by atoms with Crippen LogP contribution in [0.5, 0.6) is 0 Å². The quantitative estimate of drug-likeness (QED) is 0.861. The number of hydrogen-bond donors (Lipinski definition) is 1. The zero-order chi connectivity index (χ0) is 12.5. The molecule has 0 aliphatic heterocycles. The second kappa shape index (κ2) is 5.27. The van der Waals surface area contributed by atoms with Gasteiger partial charge in [-0.05, 0) is 38.4 Å². The van der Waals surface area contributed by atoms with Crippen molar-refractivity contribution < 1.29 is 0 Å². The summed E-state index contributed by atoms with van der Waals surface area (Å²) in [4.78, 5) is 3.70. The first-order chi connectivity index (χ1) is 8.03. The monoisotopic (exact) mass is 272 g/mol. The Balaban J connectivity index is 1.98. The van der Waals surface area contributed by atoms with Crippen molar-refractivity contribution >= 4 is 22.9 Å². The van der Waals surface area contributed by atoms with Crippen LogP contribution in [0.15, 0.2) is 12.1 Å². The van der Waals surface area contributed by atoms with Crippen molar-refractivity contribution in [2.45, 2.75) is 38.3 Å². The van der Waals surface area contributed by atoms with E-state index in [1.165, 1.54) is 24.1 Å². The van der Waals surface area contributed by atoms with Crippen LogP contribution in [-0.2, 0) is 6.54 Å². The summed E-state index contributed by atoms with van der Waals surface area (Å²) in [6.45, 7) is 3.94. The van der Waals surface area contributed by atoms with Gasteiger partial charge in [0, 0.05) is 23.5 Å². The molecule has 17 heavy (non-hydrogen) atoms. The Kier molecular flexibility index (Phi) is 4.14. The molecule has 96 valence electrons. The molecule has 0 radical (unpaired) electrons. The van der Waals surface area contributed by atoms with Gasteiger partial charge in [-0.2, -0.15) is 0 Å². The number of hydrogen-bond acceptors (Lipinski definition) is 3. The van der Waals surface area contributed by atoms with E-state index >= 15 is 0 Å². The van der Waals surface area contributed by atoms with Crippen molar-refractivity contribution in [1.29, 1.82) is 0 Å². The zero-order valence-electron chi connectivity index (χ0n) is 10.6. The summed E-state index contributed by atoms with van der Waals surface area (Å²) in [5.74, 6) is 0.901. The van der Waals surface area contributed by atoms with E-state index in [0.29, 0.717) is 0 Å². The van der Waals surface area contributed by atoms with Gasteiger partial charge >= 0.3 is 0 Å². The summed E-state index contributed by atoms with van der Waals surface area (Å²) >= 11 is 7.62. The van der Waals surface area contributed by atoms with Gasteiger partial charge in [0.1, 0.15) is 0 Å². The fraction of sp³-hybridized carbons (Fsp3) is 0.692. The minimum Gasteiger partial charge on any atom is -0.329 e. The standard InChI is InChI=1S/C13H21ClN2S/c1-13(9-15,7-10-3-4-10)16(2)8-11-5-6-12(14)17-11/h5-6,10H,3-4,7-9,15H2,1-2H3.